The number of likely N-dealkylation sites (N-methyl/N-ethyl adjacent to an activating group) is 1. The van der Waals surface area contributed by atoms with Crippen LogP contribution in [0.25, 0.3) is 0 Å². The van der Waals surface area contributed by atoms with Gasteiger partial charge in [-0.25, -0.2) is 9.98 Å². The number of aromatic nitrogens is 1. The molecule has 0 unspecified atom stereocenters. The summed E-state index contributed by atoms with van der Waals surface area (Å²) in [7, 11) is 3.96. The molecule has 1 saturated heterocycles. The van der Waals surface area contributed by atoms with E-state index in [0.717, 1.165) is 65.6 Å². The zero-order valence-electron chi connectivity index (χ0n) is 15.5. The molecule has 1 fully saturated rings. The second kappa shape index (κ2) is 7.34. The maximum Gasteiger partial charge on any atom is 0.158 e. The van der Waals surface area contributed by atoms with Crippen molar-refractivity contribution in [2.45, 2.75) is 19.4 Å². The second-order valence-corrected chi connectivity index (χ2v) is 8.05. The number of thiazole rings is 1. The lowest BCUT2D eigenvalue weighted by Gasteiger charge is -2.40. The van der Waals surface area contributed by atoms with Crippen LogP contribution in [0.5, 0.6) is 0 Å². The number of anilines is 2. The molecule has 0 bridgehead atoms. The molecule has 1 atom stereocenters. The number of hydrogen-bond donors (Lipinski definition) is 1. The Labute approximate surface area is 158 Å². The van der Waals surface area contributed by atoms with E-state index in [2.05, 4.69) is 41.2 Å². The van der Waals surface area contributed by atoms with Crippen LogP contribution in [0.1, 0.15) is 17.1 Å². The van der Waals surface area contributed by atoms with Crippen molar-refractivity contribution in [2.24, 2.45) is 4.99 Å². The molecule has 138 valence electrons. The summed E-state index contributed by atoms with van der Waals surface area (Å²) in [4.78, 5) is 14.6. The van der Waals surface area contributed by atoms with E-state index < -0.39 is 0 Å². The molecule has 6 nitrogen and oxygen atoms in total. The van der Waals surface area contributed by atoms with E-state index in [1.807, 2.05) is 12.1 Å². The third-order valence-electron chi connectivity index (χ3n) is 5.06. The Morgan fingerprint density at radius 1 is 1.31 bits per heavy atom. The number of methoxy groups -OCH3 is 1. The quantitative estimate of drug-likeness (QED) is 0.898. The van der Waals surface area contributed by atoms with Crippen LogP contribution in [0.15, 0.2) is 29.3 Å². The van der Waals surface area contributed by atoms with Gasteiger partial charge in [-0.15, -0.1) is 11.3 Å². The van der Waals surface area contributed by atoms with E-state index in [1.165, 1.54) is 0 Å². The number of benzene rings is 1. The zero-order valence-corrected chi connectivity index (χ0v) is 16.3. The number of amidine groups is 1. The van der Waals surface area contributed by atoms with Gasteiger partial charge in [0.15, 0.2) is 5.84 Å². The Hall–Kier alpha value is -1.96. The SMILES string of the molecule is COCC[C@H]1CN(C2=Nc3ccccc3Nc3sc(C)nc32)CCN1C. The van der Waals surface area contributed by atoms with Crippen molar-refractivity contribution < 1.29 is 4.74 Å². The van der Waals surface area contributed by atoms with Gasteiger partial charge in [-0.2, -0.15) is 0 Å². The minimum absolute atomic E-state index is 0.459. The van der Waals surface area contributed by atoms with Crippen molar-refractivity contribution in [1.82, 2.24) is 14.8 Å². The molecule has 1 aromatic heterocycles. The van der Waals surface area contributed by atoms with E-state index in [0.29, 0.717) is 6.04 Å². The maximum absolute atomic E-state index is 5.30. The lowest BCUT2D eigenvalue weighted by atomic mass is 10.1. The van der Waals surface area contributed by atoms with Gasteiger partial charge >= 0.3 is 0 Å². The highest BCUT2D eigenvalue weighted by molar-refractivity contribution is 7.16. The summed E-state index contributed by atoms with van der Waals surface area (Å²) in [5.41, 5.74) is 2.98. The second-order valence-electron chi connectivity index (χ2n) is 6.85. The fraction of sp³-hybridized carbons (Fsp3) is 0.474. The number of piperazine rings is 1. The smallest absolute Gasteiger partial charge is 0.158 e. The van der Waals surface area contributed by atoms with Gasteiger partial charge in [0.05, 0.1) is 16.4 Å². The Kier molecular flexibility index (Phi) is 4.93. The van der Waals surface area contributed by atoms with Crippen LogP contribution in [-0.4, -0.2) is 67.1 Å². The average molecular weight is 372 g/mol. The van der Waals surface area contributed by atoms with Crippen molar-refractivity contribution in [3.63, 3.8) is 0 Å². The number of fused-ring (bicyclic) bond motifs is 2. The van der Waals surface area contributed by atoms with Crippen LogP contribution in [0.2, 0.25) is 0 Å². The van der Waals surface area contributed by atoms with Crippen LogP contribution < -0.4 is 5.32 Å². The first-order valence-corrected chi connectivity index (χ1v) is 9.84. The van der Waals surface area contributed by atoms with Gasteiger partial charge in [0.2, 0.25) is 0 Å². The Bertz CT molecular complexity index is 818. The molecule has 2 aromatic rings. The first-order valence-electron chi connectivity index (χ1n) is 9.02. The van der Waals surface area contributed by atoms with E-state index >= 15 is 0 Å². The van der Waals surface area contributed by atoms with Gasteiger partial charge in [-0.05, 0) is 32.5 Å². The molecule has 7 heteroatoms. The molecule has 2 aliphatic rings. The van der Waals surface area contributed by atoms with Crippen LogP contribution in [-0.2, 0) is 4.74 Å². The number of aryl methyl sites for hydroxylation is 1. The number of aliphatic imine (C=N–C) groups is 1. The van der Waals surface area contributed by atoms with E-state index in [4.69, 9.17) is 14.7 Å². The normalized spacial score (nSPS) is 20.0. The Balaban J connectivity index is 1.70. The van der Waals surface area contributed by atoms with Gasteiger partial charge in [0.1, 0.15) is 10.7 Å². The van der Waals surface area contributed by atoms with Gasteiger partial charge in [-0.3, -0.25) is 4.90 Å². The molecule has 0 amide bonds. The van der Waals surface area contributed by atoms with E-state index in [9.17, 15) is 0 Å². The highest BCUT2D eigenvalue weighted by Crippen LogP contribution is 2.37. The molecule has 0 spiro atoms. The topological polar surface area (TPSA) is 53.0 Å². The summed E-state index contributed by atoms with van der Waals surface area (Å²) in [6.45, 7) is 5.74. The zero-order chi connectivity index (χ0) is 18.1. The van der Waals surface area contributed by atoms with E-state index in [1.54, 1.807) is 18.4 Å². The number of nitrogens with zero attached hydrogens (tertiary/aromatic N) is 4. The number of rotatable bonds is 3. The van der Waals surface area contributed by atoms with Gasteiger partial charge in [0, 0.05) is 39.4 Å². The average Bonchev–Trinajstić information content (AvgIpc) is 2.93. The standard InChI is InChI=1S/C19H25N5OS/c1-13-20-17-18(24-10-9-23(2)14(12-24)8-11-25-3)21-15-6-4-5-7-16(15)22-19(17)26-13/h4-7,14,22H,8-12H2,1-3H3/t14-/m0/s1. The fourth-order valence-electron chi connectivity index (χ4n) is 3.55. The van der Waals surface area contributed by atoms with E-state index in [-0.39, 0.29) is 0 Å². The summed E-state index contributed by atoms with van der Waals surface area (Å²) < 4.78 is 5.30. The summed E-state index contributed by atoms with van der Waals surface area (Å²) in [5, 5.41) is 5.67. The molecule has 4 rings (SSSR count). The molecule has 26 heavy (non-hydrogen) atoms. The Morgan fingerprint density at radius 3 is 3.00 bits per heavy atom. The molecule has 1 N–H and O–H groups in total. The van der Waals surface area contributed by atoms with Crippen molar-refractivity contribution in [2.75, 3.05) is 45.7 Å². The van der Waals surface area contributed by atoms with Crippen LogP contribution in [0.3, 0.4) is 0 Å². The van der Waals surface area contributed by atoms with Crippen LogP contribution in [0.4, 0.5) is 16.4 Å². The van der Waals surface area contributed by atoms with Gasteiger partial charge in [0.25, 0.3) is 0 Å². The highest BCUT2D eigenvalue weighted by Gasteiger charge is 2.30. The maximum atomic E-state index is 5.30. The molecule has 3 heterocycles. The predicted octanol–water partition coefficient (Wildman–Crippen LogP) is 3.24. The summed E-state index contributed by atoms with van der Waals surface area (Å²) in [6.07, 6.45) is 1.02. The monoisotopic (exact) mass is 371 g/mol. The van der Waals surface area contributed by atoms with Gasteiger partial charge < -0.3 is 15.0 Å². The van der Waals surface area contributed by atoms with Crippen molar-refractivity contribution in [1.29, 1.82) is 0 Å². The predicted molar refractivity (Wildman–Crippen MR) is 107 cm³/mol. The molecule has 0 aliphatic carbocycles. The highest BCUT2D eigenvalue weighted by atomic mass is 32.1. The van der Waals surface area contributed by atoms with Gasteiger partial charge in [-0.1, -0.05) is 12.1 Å². The first-order chi connectivity index (χ1) is 12.7. The third-order valence-corrected chi connectivity index (χ3v) is 5.94. The molecule has 2 aliphatic heterocycles. The summed E-state index contributed by atoms with van der Waals surface area (Å²) >= 11 is 1.69. The lowest BCUT2D eigenvalue weighted by Crippen LogP contribution is -2.53. The lowest BCUT2D eigenvalue weighted by molar-refractivity contribution is 0.100. The number of para-hydroxylation sites is 2. The third kappa shape index (κ3) is 3.34. The summed E-state index contributed by atoms with van der Waals surface area (Å²) in [5.74, 6) is 0.984. The van der Waals surface area contributed by atoms with Crippen molar-refractivity contribution in [3.05, 3.63) is 35.0 Å². The largest absolute Gasteiger partial charge is 0.385 e. The van der Waals surface area contributed by atoms with Crippen LogP contribution in [0, 0.1) is 6.92 Å². The molecular weight excluding hydrogens is 346 g/mol. The van der Waals surface area contributed by atoms with Crippen molar-refractivity contribution >= 4 is 33.5 Å². The number of hydrogen-bond acceptors (Lipinski definition) is 7. The molecule has 1 aromatic carbocycles. The Morgan fingerprint density at radius 2 is 2.15 bits per heavy atom. The molecular formula is C19H25N5OS. The number of ether oxygens (including phenoxy) is 1. The minimum atomic E-state index is 0.459. The summed E-state index contributed by atoms with van der Waals surface area (Å²) in [6, 6.07) is 8.67. The minimum Gasteiger partial charge on any atom is -0.385 e. The molecule has 0 radical (unpaired) electrons. The fourth-order valence-corrected chi connectivity index (χ4v) is 4.38. The van der Waals surface area contributed by atoms with Crippen molar-refractivity contribution in [3.8, 4) is 0 Å². The first kappa shape index (κ1) is 17.5. The molecule has 0 saturated carbocycles. The number of nitrogens with one attached hydrogen (secondary N) is 1. The van der Waals surface area contributed by atoms with Crippen LogP contribution >= 0.6 is 11.3 Å².